The van der Waals surface area contributed by atoms with E-state index in [4.69, 9.17) is 4.74 Å². The van der Waals surface area contributed by atoms with Crippen LogP contribution >= 0.6 is 0 Å². The maximum atomic E-state index is 13.0. The lowest BCUT2D eigenvalue weighted by Gasteiger charge is -2.14. The average Bonchev–Trinajstić information content (AvgIpc) is 3.11. The molecule has 3 aromatic rings. The van der Waals surface area contributed by atoms with Crippen LogP contribution in [0.25, 0.3) is 5.69 Å². The van der Waals surface area contributed by atoms with Gasteiger partial charge in [0.1, 0.15) is 5.75 Å². The Hall–Kier alpha value is -3.29. The van der Waals surface area contributed by atoms with E-state index in [1.165, 1.54) is 6.07 Å². The monoisotopic (exact) mass is 389 g/mol. The second kappa shape index (κ2) is 8.16. The van der Waals surface area contributed by atoms with Gasteiger partial charge < -0.3 is 10.1 Å². The normalized spacial score (nSPS) is 11.3. The molecule has 28 heavy (non-hydrogen) atoms. The second-order valence-corrected chi connectivity index (χ2v) is 6.00. The summed E-state index contributed by atoms with van der Waals surface area (Å²) in [6.45, 7) is 1.97. The number of anilines is 1. The van der Waals surface area contributed by atoms with E-state index in [-0.39, 0.29) is 24.5 Å². The fourth-order valence-corrected chi connectivity index (χ4v) is 2.64. The zero-order valence-corrected chi connectivity index (χ0v) is 15.0. The molecule has 0 bridgehead atoms. The van der Waals surface area contributed by atoms with Gasteiger partial charge in [0.2, 0.25) is 5.91 Å². The SMILES string of the molecule is CCOc1ccc(C(F)(F)F)cc1NC(=O)Cc1cnn(-c2ccccc2)c1. The van der Waals surface area contributed by atoms with Crippen molar-refractivity contribution >= 4 is 11.6 Å². The van der Waals surface area contributed by atoms with Crippen LogP contribution in [0.1, 0.15) is 18.1 Å². The maximum Gasteiger partial charge on any atom is 0.416 e. The summed E-state index contributed by atoms with van der Waals surface area (Å²) in [4.78, 5) is 12.4. The summed E-state index contributed by atoms with van der Waals surface area (Å²) < 4.78 is 45.9. The molecule has 0 spiro atoms. The van der Waals surface area contributed by atoms with Crippen LogP contribution in [0.5, 0.6) is 5.75 Å². The van der Waals surface area contributed by atoms with E-state index >= 15 is 0 Å². The molecular weight excluding hydrogens is 371 g/mol. The summed E-state index contributed by atoms with van der Waals surface area (Å²) in [5, 5.41) is 6.71. The first kappa shape index (κ1) is 19.5. The van der Waals surface area contributed by atoms with E-state index in [1.807, 2.05) is 30.3 Å². The third-order valence-corrected chi connectivity index (χ3v) is 3.90. The number of carbonyl (C=O) groups excluding carboxylic acids is 1. The third-order valence-electron chi connectivity index (χ3n) is 3.90. The van der Waals surface area contributed by atoms with Gasteiger partial charge in [0.15, 0.2) is 0 Å². The van der Waals surface area contributed by atoms with Gasteiger partial charge in [-0.2, -0.15) is 18.3 Å². The van der Waals surface area contributed by atoms with Crippen LogP contribution in [0, 0.1) is 0 Å². The first-order valence-corrected chi connectivity index (χ1v) is 8.59. The Bertz CT molecular complexity index is 953. The molecule has 146 valence electrons. The highest BCUT2D eigenvalue weighted by molar-refractivity contribution is 5.93. The number of alkyl halides is 3. The molecule has 0 atom stereocenters. The molecule has 0 saturated carbocycles. The van der Waals surface area contributed by atoms with Crippen LogP contribution in [0.2, 0.25) is 0 Å². The first-order chi connectivity index (χ1) is 13.4. The molecule has 0 radical (unpaired) electrons. The number of para-hydroxylation sites is 1. The van der Waals surface area contributed by atoms with Gasteiger partial charge in [-0.15, -0.1) is 0 Å². The molecule has 0 aliphatic heterocycles. The van der Waals surface area contributed by atoms with Gasteiger partial charge in [-0.05, 0) is 42.8 Å². The van der Waals surface area contributed by atoms with Crippen LogP contribution in [-0.4, -0.2) is 22.3 Å². The van der Waals surface area contributed by atoms with Crippen LogP contribution < -0.4 is 10.1 Å². The van der Waals surface area contributed by atoms with Crippen molar-refractivity contribution in [3.63, 3.8) is 0 Å². The zero-order valence-electron chi connectivity index (χ0n) is 15.0. The molecule has 0 saturated heterocycles. The summed E-state index contributed by atoms with van der Waals surface area (Å²) in [6, 6.07) is 12.4. The number of aromatic nitrogens is 2. The van der Waals surface area contributed by atoms with Gasteiger partial charge in [0.05, 0.1) is 36.2 Å². The Balaban J connectivity index is 1.75. The lowest BCUT2D eigenvalue weighted by atomic mass is 10.1. The summed E-state index contributed by atoms with van der Waals surface area (Å²) >= 11 is 0. The van der Waals surface area contributed by atoms with E-state index in [9.17, 15) is 18.0 Å². The molecule has 0 fully saturated rings. The second-order valence-electron chi connectivity index (χ2n) is 6.00. The smallest absolute Gasteiger partial charge is 0.416 e. The number of ether oxygens (including phenoxy) is 1. The molecule has 0 aliphatic carbocycles. The van der Waals surface area contributed by atoms with Crippen molar-refractivity contribution in [3.8, 4) is 11.4 Å². The van der Waals surface area contributed by atoms with Crippen LogP contribution in [0.4, 0.5) is 18.9 Å². The van der Waals surface area contributed by atoms with Crippen LogP contribution in [0.3, 0.4) is 0 Å². The summed E-state index contributed by atoms with van der Waals surface area (Å²) in [7, 11) is 0. The summed E-state index contributed by atoms with van der Waals surface area (Å²) in [5.41, 5.74) is 0.595. The highest BCUT2D eigenvalue weighted by Crippen LogP contribution is 2.35. The van der Waals surface area contributed by atoms with Crippen molar-refractivity contribution in [2.75, 3.05) is 11.9 Å². The van der Waals surface area contributed by atoms with E-state index in [0.29, 0.717) is 5.56 Å². The number of halogens is 3. The molecule has 2 aromatic carbocycles. The molecule has 8 heteroatoms. The number of amides is 1. The quantitative estimate of drug-likeness (QED) is 0.677. The molecule has 5 nitrogen and oxygen atoms in total. The minimum Gasteiger partial charge on any atom is -0.492 e. The van der Waals surface area contributed by atoms with Gasteiger partial charge in [-0.1, -0.05) is 18.2 Å². The van der Waals surface area contributed by atoms with Gasteiger partial charge in [0, 0.05) is 6.20 Å². The van der Waals surface area contributed by atoms with E-state index in [2.05, 4.69) is 10.4 Å². The molecule has 3 rings (SSSR count). The van der Waals surface area contributed by atoms with Gasteiger partial charge >= 0.3 is 6.18 Å². The summed E-state index contributed by atoms with van der Waals surface area (Å²) in [5.74, 6) is -0.281. The predicted octanol–water partition coefficient (Wildman–Crippen LogP) is 4.47. The minimum absolute atomic E-state index is 0.0165. The third kappa shape index (κ3) is 4.70. The first-order valence-electron chi connectivity index (χ1n) is 8.59. The molecule has 1 heterocycles. The Kier molecular flexibility index (Phi) is 5.67. The van der Waals surface area contributed by atoms with Gasteiger partial charge in [-0.3, -0.25) is 4.79 Å². The Morgan fingerprint density at radius 3 is 2.61 bits per heavy atom. The molecule has 0 aliphatic rings. The van der Waals surface area contributed by atoms with Crippen molar-refractivity contribution in [2.24, 2.45) is 0 Å². The standard InChI is InChI=1S/C20H18F3N3O2/c1-2-28-18-9-8-15(20(21,22)23)11-17(18)25-19(27)10-14-12-24-26(13-14)16-6-4-3-5-7-16/h3-9,11-13H,2,10H2,1H3,(H,25,27). The number of rotatable bonds is 6. The minimum atomic E-state index is -4.51. The van der Waals surface area contributed by atoms with E-state index in [0.717, 1.165) is 17.8 Å². The molecule has 1 amide bonds. The largest absolute Gasteiger partial charge is 0.492 e. The lowest BCUT2D eigenvalue weighted by Crippen LogP contribution is -2.16. The number of benzene rings is 2. The number of nitrogens with zero attached hydrogens (tertiary/aromatic N) is 2. The van der Waals surface area contributed by atoms with Crippen molar-refractivity contribution in [1.82, 2.24) is 9.78 Å². The van der Waals surface area contributed by atoms with Crippen LogP contribution in [-0.2, 0) is 17.4 Å². The fraction of sp³-hybridized carbons (Fsp3) is 0.200. The number of nitrogens with one attached hydrogen (secondary N) is 1. The van der Waals surface area contributed by atoms with Gasteiger partial charge in [0.25, 0.3) is 0 Å². The molecular formula is C20H18F3N3O2. The van der Waals surface area contributed by atoms with E-state index in [1.54, 1.807) is 24.0 Å². The lowest BCUT2D eigenvalue weighted by molar-refractivity contribution is -0.137. The fourth-order valence-electron chi connectivity index (χ4n) is 2.64. The van der Waals surface area contributed by atoms with Crippen molar-refractivity contribution in [1.29, 1.82) is 0 Å². The Labute approximate surface area is 159 Å². The Morgan fingerprint density at radius 1 is 1.18 bits per heavy atom. The average molecular weight is 389 g/mol. The van der Waals surface area contributed by atoms with Crippen molar-refractivity contribution in [3.05, 3.63) is 72.1 Å². The van der Waals surface area contributed by atoms with Crippen LogP contribution in [0.15, 0.2) is 60.9 Å². The van der Waals surface area contributed by atoms with E-state index < -0.39 is 17.6 Å². The Morgan fingerprint density at radius 2 is 1.93 bits per heavy atom. The highest BCUT2D eigenvalue weighted by Gasteiger charge is 2.31. The highest BCUT2D eigenvalue weighted by atomic mass is 19.4. The van der Waals surface area contributed by atoms with Crippen molar-refractivity contribution < 1.29 is 22.7 Å². The number of hydrogen-bond donors (Lipinski definition) is 1. The predicted molar refractivity (Wildman–Crippen MR) is 98.5 cm³/mol. The zero-order chi connectivity index (χ0) is 20.1. The van der Waals surface area contributed by atoms with Gasteiger partial charge in [-0.25, -0.2) is 4.68 Å². The maximum absolute atomic E-state index is 13.0. The molecule has 1 aromatic heterocycles. The number of carbonyl (C=O) groups is 1. The molecule has 1 N–H and O–H groups in total. The van der Waals surface area contributed by atoms with Crippen molar-refractivity contribution in [2.45, 2.75) is 19.5 Å². The molecule has 0 unspecified atom stereocenters. The topological polar surface area (TPSA) is 56.1 Å². The number of hydrogen-bond acceptors (Lipinski definition) is 3. The summed E-state index contributed by atoms with van der Waals surface area (Å²) in [6.07, 6.45) is -1.30.